The Bertz CT molecular complexity index is 344. The fraction of sp³-hybridized carbons (Fsp3) is 0.500. The first-order valence-corrected chi connectivity index (χ1v) is 4.70. The van der Waals surface area contributed by atoms with E-state index in [2.05, 4.69) is 0 Å². The molecule has 0 aliphatic carbocycles. The molecule has 0 amide bonds. The molecule has 0 unspecified atom stereocenters. The van der Waals surface area contributed by atoms with E-state index < -0.39 is 0 Å². The van der Waals surface area contributed by atoms with Gasteiger partial charge >= 0.3 is 0 Å². The topological polar surface area (TPSA) is 57.2 Å². The van der Waals surface area contributed by atoms with E-state index in [4.69, 9.17) is 10.5 Å². The second-order valence-corrected chi connectivity index (χ2v) is 3.35. The minimum atomic E-state index is -0.102. The lowest BCUT2D eigenvalue weighted by atomic mass is 10.3. The van der Waals surface area contributed by atoms with Gasteiger partial charge in [0.05, 0.1) is 6.20 Å². The van der Waals surface area contributed by atoms with E-state index in [0.717, 1.165) is 0 Å². The van der Waals surface area contributed by atoms with Crippen LogP contribution in [0.25, 0.3) is 0 Å². The molecule has 0 saturated carbocycles. The lowest BCUT2D eigenvalue weighted by Gasteiger charge is -2.12. The first-order chi connectivity index (χ1) is 6.65. The van der Waals surface area contributed by atoms with Gasteiger partial charge in [-0.2, -0.15) is 0 Å². The highest BCUT2D eigenvalue weighted by atomic mass is 16.5. The van der Waals surface area contributed by atoms with Crippen LogP contribution in [0.2, 0.25) is 0 Å². The van der Waals surface area contributed by atoms with E-state index in [0.29, 0.717) is 24.9 Å². The third kappa shape index (κ3) is 2.60. The van der Waals surface area contributed by atoms with Crippen LogP contribution in [0.1, 0.15) is 19.9 Å². The van der Waals surface area contributed by atoms with E-state index in [9.17, 15) is 4.79 Å². The Morgan fingerprint density at radius 3 is 2.86 bits per heavy atom. The summed E-state index contributed by atoms with van der Waals surface area (Å²) in [6.45, 7) is 4.86. The largest absolute Gasteiger partial charge is 0.487 e. The Hall–Kier alpha value is -1.29. The fourth-order valence-electron chi connectivity index (χ4n) is 1.08. The highest BCUT2D eigenvalue weighted by molar-refractivity contribution is 5.17. The van der Waals surface area contributed by atoms with Crippen molar-refractivity contribution in [3.8, 4) is 5.75 Å². The normalized spacial score (nSPS) is 10.6. The zero-order chi connectivity index (χ0) is 10.6. The molecule has 1 rings (SSSR count). The molecule has 0 aliphatic heterocycles. The van der Waals surface area contributed by atoms with Crippen molar-refractivity contribution in [3.05, 3.63) is 28.7 Å². The van der Waals surface area contributed by atoms with Crippen LogP contribution in [-0.2, 0) is 0 Å². The number of ether oxygens (including phenoxy) is 1. The average Bonchev–Trinajstić information content (AvgIpc) is 2.16. The predicted molar refractivity (Wildman–Crippen MR) is 55.6 cm³/mol. The molecule has 0 bridgehead atoms. The second kappa shape index (κ2) is 4.81. The van der Waals surface area contributed by atoms with Gasteiger partial charge in [-0.05, 0) is 13.8 Å². The molecule has 14 heavy (non-hydrogen) atoms. The van der Waals surface area contributed by atoms with E-state index in [1.165, 1.54) is 6.07 Å². The van der Waals surface area contributed by atoms with Crippen molar-refractivity contribution < 1.29 is 4.74 Å². The fourth-order valence-corrected chi connectivity index (χ4v) is 1.08. The van der Waals surface area contributed by atoms with E-state index >= 15 is 0 Å². The molecule has 0 aromatic carbocycles. The Morgan fingerprint density at radius 2 is 2.29 bits per heavy atom. The maximum Gasteiger partial charge on any atom is 0.223 e. The number of hydrogen-bond acceptors (Lipinski definition) is 3. The molecular weight excluding hydrogens is 180 g/mol. The number of nitrogens with zero attached hydrogens (tertiary/aromatic N) is 1. The second-order valence-electron chi connectivity index (χ2n) is 3.35. The third-order valence-corrected chi connectivity index (χ3v) is 1.88. The zero-order valence-corrected chi connectivity index (χ0v) is 8.56. The monoisotopic (exact) mass is 196 g/mol. The Kier molecular flexibility index (Phi) is 3.71. The summed E-state index contributed by atoms with van der Waals surface area (Å²) in [5, 5.41) is 0. The van der Waals surface area contributed by atoms with Crippen LogP contribution in [0.3, 0.4) is 0 Å². The van der Waals surface area contributed by atoms with Crippen LogP contribution in [0, 0.1) is 0 Å². The van der Waals surface area contributed by atoms with E-state index in [1.54, 1.807) is 12.4 Å². The lowest BCUT2D eigenvalue weighted by Crippen LogP contribution is -2.16. The molecular formula is C10H16N2O2. The van der Waals surface area contributed by atoms with Gasteiger partial charge in [-0.3, -0.25) is 4.79 Å². The van der Waals surface area contributed by atoms with Crippen LogP contribution >= 0.6 is 0 Å². The highest BCUT2D eigenvalue weighted by Crippen LogP contribution is 2.07. The minimum absolute atomic E-state index is 0.102. The molecule has 4 heteroatoms. The van der Waals surface area contributed by atoms with Gasteiger partial charge in [0.25, 0.3) is 0 Å². The van der Waals surface area contributed by atoms with Crippen molar-refractivity contribution in [1.29, 1.82) is 0 Å². The first-order valence-electron chi connectivity index (χ1n) is 4.70. The molecule has 0 atom stereocenters. The van der Waals surface area contributed by atoms with Crippen LogP contribution in [0.15, 0.2) is 23.3 Å². The van der Waals surface area contributed by atoms with Gasteiger partial charge in [0.1, 0.15) is 6.61 Å². The van der Waals surface area contributed by atoms with Crippen LogP contribution in [0.4, 0.5) is 0 Å². The maximum atomic E-state index is 11.3. The number of nitrogens with two attached hydrogens (primary N) is 1. The Morgan fingerprint density at radius 1 is 1.57 bits per heavy atom. The Labute approximate surface area is 83.3 Å². The van der Waals surface area contributed by atoms with Crippen molar-refractivity contribution >= 4 is 0 Å². The molecule has 4 nitrogen and oxygen atoms in total. The molecule has 1 heterocycles. The average molecular weight is 196 g/mol. The smallest absolute Gasteiger partial charge is 0.223 e. The predicted octanol–water partition coefficient (Wildman–Crippen LogP) is 0.767. The summed E-state index contributed by atoms with van der Waals surface area (Å²) in [5.74, 6) is 0.367. The lowest BCUT2D eigenvalue weighted by molar-refractivity contribution is 0.320. The molecule has 0 radical (unpaired) electrons. The van der Waals surface area contributed by atoms with E-state index in [1.807, 2.05) is 18.4 Å². The minimum Gasteiger partial charge on any atom is -0.487 e. The molecule has 2 N–H and O–H groups in total. The molecule has 78 valence electrons. The van der Waals surface area contributed by atoms with Gasteiger partial charge < -0.3 is 15.0 Å². The SMILES string of the molecule is CC(C)n1ccc(=O)c(OCCN)c1. The van der Waals surface area contributed by atoms with Crippen molar-refractivity contribution in [2.75, 3.05) is 13.2 Å². The van der Waals surface area contributed by atoms with Crippen molar-refractivity contribution in [2.24, 2.45) is 5.73 Å². The molecule has 0 saturated heterocycles. The zero-order valence-electron chi connectivity index (χ0n) is 8.56. The molecule has 0 spiro atoms. The Balaban J connectivity index is 2.91. The molecule has 0 fully saturated rings. The summed E-state index contributed by atoms with van der Waals surface area (Å²) in [5.41, 5.74) is 5.19. The number of aromatic nitrogens is 1. The van der Waals surface area contributed by atoms with Gasteiger partial charge in [0, 0.05) is 24.8 Å². The standard InChI is InChI=1S/C10H16N2O2/c1-8(2)12-5-3-9(13)10(7-12)14-6-4-11/h3,5,7-8H,4,6,11H2,1-2H3. The van der Waals surface area contributed by atoms with Crippen molar-refractivity contribution in [2.45, 2.75) is 19.9 Å². The van der Waals surface area contributed by atoms with Gasteiger partial charge in [-0.1, -0.05) is 0 Å². The number of pyridine rings is 1. The third-order valence-electron chi connectivity index (χ3n) is 1.88. The number of hydrogen-bond donors (Lipinski definition) is 1. The van der Waals surface area contributed by atoms with Crippen LogP contribution in [0.5, 0.6) is 5.75 Å². The summed E-state index contributed by atoms with van der Waals surface area (Å²) in [6, 6.07) is 1.82. The quantitative estimate of drug-likeness (QED) is 0.773. The first kappa shape index (κ1) is 10.8. The summed E-state index contributed by atoms with van der Waals surface area (Å²) >= 11 is 0. The molecule has 1 aromatic rings. The summed E-state index contributed by atoms with van der Waals surface area (Å²) in [6.07, 6.45) is 3.46. The maximum absolute atomic E-state index is 11.3. The summed E-state index contributed by atoms with van der Waals surface area (Å²) in [7, 11) is 0. The van der Waals surface area contributed by atoms with Crippen molar-refractivity contribution in [3.63, 3.8) is 0 Å². The van der Waals surface area contributed by atoms with Gasteiger partial charge in [0.2, 0.25) is 5.43 Å². The summed E-state index contributed by atoms with van der Waals surface area (Å²) in [4.78, 5) is 11.3. The van der Waals surface area contributed by atoms with Gasteiger partial charge in [-0.15, -0.1) is 0 Å². The highest BCUT2D eigenvalue weighted by Gasteiger charge is 2.02. The van der Waals surface area contributed by atoms with Gasteiger partial charge in [0.15, 0.2) is 5.75 Å². The van der Waals surface area contributed by atoms with Crippen LogP contribution < -0.4 is 15.9 Å². The van der Waals surface area contributed by atoms with Crippen LogP contribution in [-0.4, -0.2) is 17.7 Å². The summed E-state index contributed by atoms with van der Waals surface area (Å²) < 4.78 is 7.14. The van der Waals surface area contributed by atoms with Gasteiger partial charge in [-0.25, -0.2) is 0 Å². The molecule has 0 aliphatic rings. The molecule has 1 aromatic heterocycles. The van der Waals surface area contributed by atoms with E-state index in [-0.39, 0.29) is 5.43 Å². The van der Waals surface area contributed by atoms with Crippen molar-refractivity contribution in [1.82, 2.24) is 4.57 Å². The number of rotatable bonds is 4.